The van der Waals surface area contributed by atoms with Gasteiger partial charge in [0.1, 0.15) is 0 Å². The van der Waals surface area contributed by atoms with Crippen LogP contribution in [0, 0.1) is 17.5 Å². The van der Waals surface area contributed by atoms with Crippen LogP contribution >= 0.6 is 11.3 Å². The van der Waals surface area contributed by atoms with Gasteiger partial charge in [-0.15, -0.1) is 11.3 Å². The number of nitrogens with zero attached hydrogens (tertiary/aromatic N) is 2. The van der Waals surface area contributed by atoms with Crippen molar-refractivity contribution in [1.29, 1.82) is 0 Å². The Labute approximate surface area is 161 Å². The largest absolute Gasteiger partial charge is 0.322 e. The summed E-state index contributed by atoms with van der Waals surface area (Å²) < 4.78 is 40.0. The van der Waals surface area contributed by atoms with Crippen LogP contribution in [0.3, 0.4) is 0 Å². The monoisotopic (exact) mass is 399 g/mol. The highest BCUT2D eigenvalue weighted by Gasteiger charge is 2.17. The zero-order valence-electron chi connectivity index (χ0n) is 15.5. The first-order chi connectivity index (χ1) is 12.9. The van der Waals surface area contributed by atoms with Crippen LogP contribution in [0.4, 0.5) is 18.9 Å². The fourth-order valence-electron chi connectivity index (χ4n) is 2.64. The van der Waals surface area contributed by atoms with E-state index in [4.69, 9.17) is 0 Å². The lowest BCUT2D eigenvalue weighted by molar-refractivity contribution is -0.117. The Morgan fingerprint density at radius 3 is 2.67 bits per heavy atom. The van der Waals surface area contributed by atoms with Crippen LogP contribution in [0.2, 0.25) is 0 Å². The zero-order chi connectivity index (χ0) is 19.8. The van der Waals surface area contributed by atoms with Crippen LogP contribution in [0.15, 0.2) is 17.5 Å². The number of amides is 1. The molecular weight excluding hydrogens is 375 g/mol. The lowest BCUT2D eigenvalue weighted by Crippen LogP contribution is -2.33. The molecule has 1 amide bonds. The number of thiazole rings is 1. The molecule has 1 aromatic heterocycles. The van der Waals surface area contributed by atoms with Gasteiger partial charge < -0.3 is 5.32 Å². The average molecular weight is 399 g/mol. The molecule has 0 aliphatic rings. The number of carbonyl (C=O) groups is 1. The van der Waals surface area contributed by atoms with E-state index in [0.29, 0.717) is 13.1 Å². The average Bonchev–Trinajstić information content (AvgIpc) is 3.08. The van der Waals surface area contributed by atoms with Crippen LogP contribution in [0.5, 0.6) is 0 Å². The van der Waals surface area contributed by atoms with Crippen LogP contribution < -0.4 is 5.32 Å². The number of unbranched alkanes of at least 4 members (excludes halogenated alkanes) is 1. The van der Waals surface area contributed by atoms with Gasteiger partial charge in [0.25, 0.3) is 0 Å². The molecule has 0 radical (unpaired) electrons. The van der Waals surface area contributed by atoms with Crippen molar-refractivity contribution in [2.45, 2.75) is 46.1 Å². The molecule has 0 bridgehead atoms. The molecule has 0 aliphatic carbocycles. The summed E-state index contributed by atoms with van der Waals surface area (Å²) in [6, 6.07) is 1.79. The first kappa shape index (κ1) is 21.4. The summed E-state index contributed by atoms with van der Waals surface area (Å²) in [7, 11) is 0. The van der Waals surface area contributed by atoms with Crippen molar-refractivity contribution >= 4 is 22.9 Å². The van der Waals surface area contributed by atoms with Gasteiger partial charge >= 0.3 is 0 Å². The number of hydrogen-bond acceptors (Lipinski definition) is 4. The molecule has 0 saturated heterocycles. The van der Waals surface area contributed by atoms with Gasteiger partial charge in [-0.2, -0.15) is 0 Å². The molecule has 0 atom stereocenters. The van der Waals surface area contributed by atoms with Crippen molar-refractivity contribution in [1.82, 2.24) is 9.88 Å². The third kappa shape index (κ3) is 6.32. The standard InChI is InChI=1S/C19H24F3N3OS/c1-3-5-6-17-23-13(12-27-17)10-25(9-4-2)11-16(26)24-15-8-7-14(20)18(21)19(15)22/h7-8,12H,3-6,9-11H2,1-2H3,(H,24,26). The Hall–Kier alpha value is -1.93. The van der Waals surface area contributed by atoms with E-state index in [-0.39, 0.29) is 12.2 Å². The van der Waals surface area contributed by atoms with E-state index < -0.39 is 23.4 Å². The number of aryl methyl sites for hydroxylation is 1. The number of hydrogen-bond donors (Lipinski definition) is 1. The summed E-state index contributed by atoms with van der Waals surface area (Å²) in [5, 5.41) is 5.37. The maximum atomic E-state index is 13.7. The molecular formula is C19H24F3N3OS. The Morgan fingerprint density at radius 2 is 1.96 bits per heavy atom. The Morgan fingerprint density at radius 1 is 1.19 bits per heavy atom. The van der Waals surface area contributed by atoms with Gasteiger partial charge in [-0.05, 0) is 37.9 Å². The molecule has 2 rings (SSSR count). The molecule has 1 heterocycles. The van der Waals surface area contributed by atoms with Gasteiger partial charge in [-0.1, -0.05) is 20.3 Å². The number of rotatable bonds is 10. The van der Waals surface area contributed by atoms with Gasteiger partial charge in [-0.25, -0.2) is 18.2 Å². The molecule has 1 N–H and O–H groups in total. The molecule has 1 aromatic carbocycles. The van der Waals surface area contributed by atoms with Crippen LogP contribution in [-0.2, 0) is 17.8 Å². The predicted octanol–water partition coefficient (Wildman–Crippen LogP) is 4.75. The third-order valence-corrected chi connectivity index (χ3v) is 4.90. The van der Waals surface area contributed by atoms with Gasteiger partial charge in [-0.3, -0.25) is 9.69 Å². The SMILES string of the molecule is CCCCc1nc(CN(CCC)CC(=O)Nc2ccc(F)c(F)c2F)cs1. The third-order valence-electron chi connectivity index (χ3n) is 3.95. The van der Waals surface area contributed by atoms with Gasteiger partial charge in [0.15, 0.2) is 17.5 Å². The highest BCUT2D eigenvalue weighted by atomic mass is 32.1. The quantitative estimate of drug-likeness (QED) is 0.586. The molecule has 27 heavy (non-hydrogen) atoms. The summed E-state index contributed by atoms with van der Waals surface area (Å²) >= 11 is 1.61. The summed E-state index contributed by atoms with van der Waals surface area (Å²) in [6.07, 6.45) is 3.98. The molecule has 0 unspecified atom stereocenters. The Bertz CT molecular complexity index is 767. The van der Waals surface area contributed by atoms with Gasteiger partial charge in [0.05, 0.1) is 22.9 Å². The number of halogens is 3. The second-order valence-electron chi connectivity index (χ2n) is 6.32. The first-order valence-electron chi connectivity index (χ1n) is 9.03. The topological polar surface area (TPSA) is 45.2 Å². The number of aromatic nitrogens is 1. The Balaban J connectivity index is 1.97. The molecule has 0 aliphatic heterocycles. The zero-order valence-corrected chi connectivity index (χ0v) is 16.3. The number of benzene rings is 1. The van der Waals surface area contributed by atoms with Gasteiger partial charge in [0.2, 0.25) is 5.91 Å². The summed E-state index contributed by atoms with van der Waals surface area (Å²) in [5.74, 6) is -4.78. The minimum absolute atomic E-state index is 0.00803. The van der Waals surface area contributed by atoms with Crippen molar-refractivity contribution in [2.75, 3.05) is 18.4 Å². The summed E-state index contributed by atoms with van der Waals surface area (Å²) in [4.78, 5) is 18.7. The molecule has 4 nitrogen and oxygen atoms in total. The first-order valence-corrected chi connectivity index (χ1v) is 9.91. The van der Waals surface area contributed by atoms with Crippen LogP contribution in [0.1, 0.15) is 43.8 Å². The molecule has 0 spiro atoms. The smallest absolute Gasteiger partial charge is 0.238 e. The van der Waals surface area contributed by atoms with Crippen LogP contribution in [0.25, 0.3) is 0 Å². The van der Waals surface area contributed by atoms with Crippen molar-refractivity contribution < 1.29 is 18.0 Å². The maximum Gasteiger partial charge on any atom is 0.238 e. The minimum atomic E-state index is -1.60. The highest BCUT2D eigenvalue weighted by molar-refractivity contribution is 7.09. The normalized spacial score (nSPS) is 11.2. The fraction of sp³-hybridized carbons (Fsp3) is 0.474. The van der Waals surface area contributed by atoms with E-state index in [1.807, 2.05) is 17.2 Å². The van der Waals surface area contributed by atoms with Crippen molar-refractivity contribution in [3.63, 3.8) is 0 Å². The number of carbonyl (C=O) groups excluding carboxylic acids is 1. The number of anilines is 1. The van der Waals surface area contributed by atoms with E-state index in [1.54, 1.807) is 11.3 Å². The second-order valence-corrected chi connectivity index (χ2v) is 7.26. The van der Waals surface area contributed by atoms with Crippen molar-refractivity contribution in [3.05, 3.63) is 45.7 Å². The van der Waals surface area contributed by atoms with E-state index in [2.05, 4.69) is 17.2 Å². The second kappa shape index (κ2) is 10.4. The predicted molar refractivity (Wildman–Crippen MR) is 101 cm³/mol. The number of nitrogens with one attached hydrogen (secondary N) is 1. The molecule has 8 heteroatoms. The molecule has 0 fully saturated rings. The fourth-order valence-corrected chi connectivity index (χ4v) is 3.47. The summed E-state index contributed by atoms with van der Waals surface area (Å²) in [5.41, 5.74) is 0.525. The maximum absolute atomic E-state index is 13.7. The highest BCUT2D eigenvalue weighted by Crippen LogP contribution is 2.20. The van der Waals surface area contributed by atoms with E-state index in [0.717, 1.165) is 48.5 Å². The molecule has 2 aromatic rings. The molecule has 0 saturated carbocycles. The molecule has 148 valence electrons. The Kier molecular flexibility index (Phi) is 8.24. The van der Waals surface area contributed by atoms with Crippen LogP contribution in [-0.4, -0.2) is 28.9 Å². The summed E-state index contributed by atoms with van der Waals surface area (Å²) in [6.45, 7) is 5.30. The van der Waals surface area contributed by atoms with E-state index in [9.17, 15) is 18.0 Å². The van der Waals surface area contributed by atoms with E-state index in [1.165, 1.54) is 0 Å². The lowest BCUT2D eigenvalue weighted by atomic mass is 10.2. The minimum Gasteiger partial charge on any atom is -0.322 e. The lowest BCUT2D eigenvalue weighted by Gasteiger charge is -2.20. The van der Waals surface area contributed by atoms with Crippen molar-refractivity contribution in [2.24, 2.45) is 0 Å². The van der Waals surface area contributed by atoms with Crippen molar-refractivity contribution in [3.8, 4) is 0 Å². The van der Waals surface area contributed by atoms with Gasteiger partial charge in [0, 0.05) is 11.9 Å². The van der Waals surface area contributed by atoms with E-state index >= 15 is 0 Å².